The Kier molecular flexibility index (Phi) is 3.97. The van der Waals surface area contributed by atoms with Gasteiger partial charge >= 0.3 is 0 Å². The van der Waals surface area contributed by atoms with E-state index >= 15 is 0 Å². The fourth-order valence-corrected chi connectivity index (χ4v) is 1.93. The van der Waals surface area contributed by atoms with Crippen LogP contribution in [0.25, 0.3) is 0 Å². The lowest BCUT2D eigenvalue weighted by Gasteiger charge is -2.10. The van der Waals surface area contributed by atoms with E-state index in [0.717, 1.165) is 16.8 Å². The molecule has 0 aliphatic heterocycles. The van der Waals surface area contributed by atoms with Gasteiger partial charge in [-0.05, 0) is 43.2 Å². The summed E-state index contributed by atoms with van der Waals surface area (Å²) in [5.74, 6) is -0.0973. The normalized spacial score (nSPS) is 11.9. The molecule has 1 amide bonds. The molecule has 0 spiro atoms. The van der Waals surface area contributed by atoms with Gasteiger partial charge in [-0.1, -0.05) is 30.3 Å². The highest BCUT2D eigenvalue weighted by Gasteiger charge is 2.09. The molecule has 0 fully saturated rings. The predicted molar refractivity (Wildman–Crippen MR) is 78.2 cm³/mol. The topological polar surface area (TPSA) is 55.1 Å². The average Bonchev–Trinajstić information content (AvgIpc) is 2.39. The molecule has 2 aromatic rings. The minimum absolute atomic E-state index is 0.0460. The van der Waals surface area contributed by atoms with Crippen molar-refractivity contribution in [3.63, 3.8) is 0 Å². The molecule has 2 rings (SSSR count). The Morgan fingerprint density at radius 2 is 1.89 bits per heavy atom. The van der Waals surface area contributed by atoms with E-state index in [1.165, 1.54) is 0 Å². The Bertz CT molecular complexity index is 591. The van der Waals surface area contributed by atoms with Crippen LogP contribution in [0.15, 0.2) is 48.5 Å². The van der Waals surface area contributed by atoms with Gasteiger partial charge in [-0.15, -0.1) is 0 Å². The lowest BCUT2D eigenvalue weighted by molar-refractivity contribution is 0.102. The molecule has 0 saturated carbocycles. The Hall–Kier alpha value is -2.13. The van der Waals surface area contributed by atoms with Crippen molar-refractivity contribution in [1.29, 1.82) is 0 Å². The maximum absolute atomic E-state index is 12.2. The second-order valence-electron chi connectivity index (χ2n) is 4.68. The monoisotopic (exact) mass is 254 g/mol. The van der Waals surface area contributed by atoms with Gasteiger partial charge in [0.1, 0.15) is 0 Å². The van der Waals surface area contributed by atoms with E-state index in [2.05, 4.69) is 5.32 Å². The van der Waals surface area contributed by atoms with E-state index in [1.807, 2.05) is 62.4 Å². The molecular formula is C16H18N2O. The molecule has 0 aliphatic carbocycles. The number of amides is 1. The first-order valence-electron chi connectivity index (χ1n) is 6.30. The zero-order valence-electron chi connectivity index (χ0n) is 11.2. The quantitative estimate of drug-likeness (QED) is 0.883. The molecule has 0 radical (unpaired) electrons. The summed E-state index contributed by atoms with van der Waals surface area (Å²) in [6, 6.07) is 15.1. The number of aryl methyl sites for hydroxylation is 1. The third-order valence-corrected chi connectivity index (χ3v) is 3.06. The minimum Gasteiger partial charge on any atom is -0.324 e. The van der Waals surface area contributed by atoms with Crippen LogP contribution in [0.5, 0.6) is 0 Å². The number of carbonyl (C=O) groups is 1. The van der Waals surface area contributed by atoms with Gasteiger partial charge in [0, 0.05) is 17.3 Å². The van der Waals surface area contributed by atoms with Crippen molar-refractivity contribution in [2.75, 3.05) is 5.32 Å². The molecule has 2 aromatic carbocycles. The molecule has 0 aromatic heterocycles. The van der Waals surface area contributed by atoms with Crippen LogP contribution in [0.1, 0.15) is 34.5 Å². The number of carbonyl (C=O) groups excluding carboxylic acids is 1. The van der Waals surface area contributed by atoms with Crippen LogP contribution in [-0.4, -0.2) is 5.91 Å². The Balaban J connectivity index is 2.20. The molecule has 3 N–H and O–H groups in total. The number of hydrogen-bond acceptors (Lipinski definition) is 2. The Morgan fingerprint density at radius 1 is 1.16 bits per heavy atom. The number of nitrogens with two attached hydrogens (primary N) is 1. The number of nitrogens with one attached hydrogen (secondary N) is 1. The molecule has 98 valence electrons. The van der Waals surface area contributed by atoms with E-state index < -0.39 is 0 Å². The molecule has 0 saturated heterocycles. The average molecular weight is 254 g/mol. The van der Waals surface area contributed by atoms with E-state index in [1.54, 1.807) is 0 Å². The molecule has 0 bridgehead atoms. The standard InChI is InChI=1S/C16H18N2O/c1-11-6-3-4-9-15(11)16(19)18-14-8-5-7-13(10-14)12(2)17/h3-10,12H,17H2,1-2H3,(H,18,19). The highest BCUT2D eigenvalue weighted by molar-refractivity contribution is 6.05. The van der Waals surface area contributed by atoms with Crippen LogP contribution in [-0.2, 0) is 0 Å². The van der Waals surface area contributed by atoms with Crippen molar-refractivity contribution < 1.29 is 4.79 Å². The molecule has 0 heterocycles. The molecule has 3 heteroatoms. The molecule has 0 aliphatic rings. The summed E-state index contributed by atoms with van der Waals surface area (Å²) in [5.41, 5.74) is 9.26. The van der Waals surface area contributed by atoms with Crippen LogP contribution in [0.4, 0.5) is 5.69 Å². The Labute approximate surface area is 113 Å². The fourth-order valence-electron chi connectivity index (χ4n) is 1.93. The van der Waals surface area contributed by atoms with E-state index in [0.29, 0.717) is 5.56 Å². The van der Waals surface area contributed by atoms with Crippen molar-refractivity contribution in [3.8, 4) is 0 Å². The van der Waals surface area contributed by atoms with Crippen molar-refractivity contribution in [2.45, 2.75) is 19.9 Å². The first kappa shape index (κ1) is 13.3. The van der Waals surface area contributed by atoms with Gasteiger partial charge in [-0.3, -0.25) is 4.79 Å². The molecule has 1 unspecified atom stereocenters. The highest BCUT2D eigenvalue weighted by atomic mass is 16.1. The van der Waals surface area contributed by atoms with Gasteiger partial charge in [-0.2, -0.15) is 0 Å². The zero-order chi connectivity index (χ0) is 13.8. The van der Waals surface area contributed by atoms with Gasteiger partial charge in [0.25, 0.3) is 5.91 Å². The lowest BCUT2D eigenvalue weighted by Crippen LogP contribution is -2.14. The maximum Gasteiger partial charge on any atom is 0.255 e. The summed E-state index contributed by atoms with van der Waals surface area (Å²) in [7, 11) is 0. The third-order valence-electron chi connectivity index (χ3n) is 3.06. The summed E-state index contributed by atoms with van der Waals surface area (Å²) < 4.78 is 0. The van der Waals surface area contributed by atoms with Crippen molar-refractivity contribution in [2.24, 2.45) is 5.73 Å². The summed E-state index contributed by atoms with van der Waals surface area (Å²) in [5, 5.41) is 2.90. The van der Waals surface area contributed by atoms with Crippen LogP contribution < -0.4 is 11.1 Å². The van der Waals surface area contributed by atoms with Crippen LogP contribution in [0.3, 0.4) is 0 Å². The van der Waals surface area contributed by atoms with Crippen molar-refractivity contribution in [3.05, 3.63) is 65.2 Å². The first-order chi connectivity index (χ1) is 9.08. The summed E-state index contributed by atoms with van der Waals surface area (Å²) in [4.78, 5) is 12.2. The molecule has 3 nitrogen and oxygen atoms in total. The number of benzene rings is 2. The summed E-state index contributed by atoms with van der Waals surface area (Å²) in [6.45, 7) is 3.84. The fraction of sp³-hybridized carbons (Fsp3) is 0.188. The highest BCUT2D eigenvalue weighted by Crippen LogP contribution is 2.17. The van der Waals surface area contributed by atoms with Gasteiger partial charge in [0.05, 0.1) is 0 Å². The molecule has 19 heavy (non-hydrogen) atoms. The van der Waals surface area contributed by atoms with Gasteiger partial charge in [0.2, 0.25) is 0 Å². The van der Waals surface area contributed by atoms with Crippen LogP contribution >= 0.6 is 0 Å². The Morgan fingerprint density at radius 3 is 2.58 bits per heavy atom. The summed E-state index contributed by atoms with van der Waals surface area (Å²) >= 11 is 0. The number of anilines is 1. The third kappa shape index (κ3) is 3.20. The number of rotatable bonds is 3. The first-order valence-corrected chi connectivity index (χ1v) is 6.30. The second kappa shape index (κ2) is 5.67. The smallest absolute Gasteiger partial charge is 0.255 e. The van der Waals surface area contributed by atoms with Gasteiger partial charge < -0.3 is 11.1 Å². The number of hydrogen-bond donors (Lipinski definition) is 2. The SMILES string of the molecule is Cc1ccccc1C(=O)Nc1cccc(C(C)N)c1. The minimum atomic E-state index is -0.0973. The van der Waals surface area contributed by atoms with E-state index in [-0.39, 0.29) is 11.9 Å². The van der Waals surface area contributed by atoms with Crippen molar-refractivity contribution in [1.82, 2.24) is 0 Å². The maximum atomic E-state index is 12.2. The second-order valence-corrected chi connectivity index (χ2v) is 4.68. The van der Waals surface area contributed by atoms with Crippen molar-refractivity contribution >= 4 is 11.6 Å². The van der Waals surface area contributed by atoms with Crippen LogP contribution in [0, 0.1) is 6.92 Å². The van der Waals surface area contributed by atoms with Gasteiger partial charge in [0.15, 0.2) is 0 Å². The molecular weight excluding hydrogens is 236 g/mol. The summed E-state index contributed by atoms with van der Waals surface area (Å²) in [6.07, 6.45) is 0. The van der Waals surface area contributed by atoms with Crippen LogP contribution in [0.2, 0.25) is 0 Å². The largest absolute Gasteiger partial charge is 0.324 e. The molecule has 1 atom stereocenters. The van der Waals surface area contributed by atoms with E-state index in [9.17, 15) is 4.79 Å². The van der Waals surface area contributed by atoms with E-state index in [4.69, 9.17) is 5.73 Å². The zero-order valence-corrected chi connectivity index (χ0v) is 11.2. The van der Waals surface area contributed by atoms with Gasteiger partial charge in [-0.25, -0.2) is 0 Å². The predicted octanol–water partition coefficient (Wildman–Crippen LogP) is 3.27. The lowest BCUT2D eigenvalue weighted by atomic mass is 10.1.